The molecule has 0 unspecified atom stereocenters. The van der Waals surface area contributed by atoms with Crippen LogP contribution in [0.3, 0.4) is 0 Å². The van der Waals surface area contributed by atoms with Crippen LogP contribution >= 0.6 is 0 Å². The molecule has 6 nitrogen and oxygen atoms in total. The van der Waals surface area contributed by atoms with E-state index in [1.165, 1.54) is 0 Å². The first-order valence-corrected chi connectivity index (χ1v) is 4.81. The molecule has 1 aromatic rings. The van der Waals surface area contributed by atoms with E-state index in [4.69, 9.17) is 5.11 Å². The lowest BCUT2D eigenvalue weighted by atomic mass is 10.2. The van der Waals surface area contributed by atoms with E-state index in [-0.39, 0.29) is 12.2 Å². The zero-order chi connectivity index (χ0) is 13.7. The number of nitrogens with zero attached hydrogens (tertiary/aromatic N) is 1. The van der Waals surface area contributed by atoms with E-state index in [1.807, 2.05) is 5.92 Å². The van der Waals surface area contributed by atoms with E-state index in [1.54, 1.807) is 6.92 Å². The van der Waals surface area contributed by atoms with Gasteiger partial charge in [0.15, 0.2) is 5.75 Å². The molecule has 0 aliphatic rings. The molecular weight excluding hydrogens is 245 g/mol. The Bertz CT molecular complexity index is 559. The number of nitro benzene ring substituents is 1. The summed E-state index contributed by atoms with van der Waals surface area (Å²) < 4.78 is 17.8. The molecule has 0 amide bonds. The minimum absolute atomic E-state index is 0.117. The molecule has 0 radical (unpaired) electrons. The summed E-state index contributed by atoms with van der Waals surface area (Å²) in [4.78, 5) is 20.5. The minimum atomic E-state index is -0.963. The Labute approximate surface area is 101 Å². The number of hydrogen-bond donors (Lipinski definition) is 1. The number of aromatic hydroxyl groups is 1. The molecule has 1 aromatic carbocycles. The first-order chi connectivity index (χ1) is 8.45. The van der Waals surface area contributed by atoms with E-state index in [2.05, 4.69) is 10.7 Å². The molecule has 0 saturated heterocycles. The molecule has 1 N–H and O–H groups in total. The van der Waals surface area contributed by atoms with Gasteiger partial charge in [0.05, 0.1) is 17.1 Å². The molecule has 18 heavy (non-hydrogen) atoms. The van der Waals surface area contributed by atoms with Gasteiger partial charge in [-0.25, -0.2) is 9.18 Å². The lowest BCUT2D eigenvalue weighted by Crippen LogP contribution is -2.00. The first-order valence-electron chi connectivity index (χ1n) is 4.81. The van der Waals surface area contributed by atoms with Crippen LogP contribution in [0.4, 0.5) is 10.1 Å². The fraction of sp³-hybridized carbons (Fsp3) is 0.182. The van der Waals surface area contributed by atoms with Gasteiger partial charge in [-0.05, 0) is 6.92 Å². The number of halogens is 1. The van der Waals surface area contributed by atoms with Gasteiger partial charge in [-0.2, -0.15) is 0 Å². The van der Waals surface area contributed by atoms with Crippen molar-refractivity contribution in [3.05, 3.63) is 33.6 Å². The van der Waals surface area contributed by atoms with Crippen molar-refractivity contribution in [3.8, 4) is 17.6 Å². The average Bonchev–Trinajstić information content (AvgIpc) is 2.27. The summed E-state index contributed by atoms with van der Waals surface area (Å²) in [7, 11) is 0. The van der Waals surface area contributed by atoms with Crippen molar-refractivity contribution < 1.29 is 24.0 Å². The van der Waals surface area contributed by atoms with Gasteiger partial charge in [-0.15, -0.1) is 0 Å². The van der Waals surface area contributed by atoms with Crippen molar-refractivity contribution in [2.45, 2.75) is 6.92 Å². The standard InChI is InChI=1S/C11H8FNO5/c1-2-18-11(15)4-3-7-5-9(13(16)17)10(14)6-8(7)12/h5-6,14H,2H2,1H3. The van der Waals surface area contributed by atoms with Crippen molar-refractivity contribution in [3.63, 3.8) is 0 Å². The fourth-order valence-corrected chi connectivity index (χ4v) is 1.08. The molecule has 0 aromatic heterocycles. The molecule has 0 aliphatic heterocycles. The van der Waals surface area contributed by atoms with Crippen LogP contribution in [0.2, 0.25) is 0 Å². The molecule has 0 heterocycles. The number of phenols is 1. The summed E-state index contributed by atoms with van der Waals surface area (Å²) in [6, 6.07) is 1.31. The fourth-order valence-electron chi connectivity index (χ4n) is 1.08. The van der Waals surface area contributed by atoms with Crippen LogP contribution < -0.4 is 0 Å². The van der Waals surface area contributed by atoms with Gasteiger partial charge in [-0.3, -0.25) is 10.1 Å². The highest BCUT2D eigenvalue weighted by Gasteiger charge is 2.16. The zero-order valence-electron chi connectivity index (χ0n) is 9.27. The van der Waals surface area contributed by atoms with E-state index in [0.29, 0.717) is 6.07 Å². The second kappa shape index (κ2) is 5.63. The van der Waals surface area contributed by atoms with Gasteiger partial charge in [0.1, 0.15) is 5.82 Å². The number of nitro groups is 1. The zero-order valence-corrected chi connectivity index (χ0v) is 9.27. The van der Waals surface area contributed by atoms with Gasteiger partial charge in [0.25, 0.3) is 0 Å². The lowest BCUT2D eigenvalue weighted by Gasteiger charge is -1.98. The van der Waals surface area contributed by atoms with Crippen molar-refractivity contribution in [2.24, 2.45) is 0 Å². The molecule has 0 bridgehead atoms. The Morgan fingerprint density at radius 1 is 1.61 bits per heavy atom. The lowest BCUT2D eigenvalue weighted by molar-refractivity contribution is -0.385. The van der Waals surface area contributed by atoms with Gasteiger partial charge in [-0.1, -0.05) is 5.92 Å². The number of phenolic OH excluding ortho intramolecular Hbond substituents is 1. The number of ether oxygens (including phenoxy) is 1. The van der Waals surface area contributed by atoms with Crippen molar-refractivity contribution in [1.29, 1.82) is 0 Å². The number of esters is 1. The molecule has 94 valence electrons. The Kier molecular flexibility index (Phi) is 4.21. The van der Waals surface area contributed by atoms with E-state index in [9.17, 15) is 19.3 Å². The first kappa shape index (κ1) is 13.4. The highest BCUT2D eigenvalue weighted by molar-refractivity contribution is 5.89. The highest BCUT2D eigenvalue weighted by atomic mass is 19.1. The summed E-state index contributed by atoms with van der Waals surface area (Å²) in [5.41, 5.74) is -1.06. The predicted molar refractivity (Wildman–Crippen MR) is 58.2 cm³/mol. The molecule has 0 atom stereocenters. The van der Waals surface area contributed by atoms with Crippen LogP contribution in [-0.4, -0.2) is 22.6 Å². The summed E-state index contributed by atoms with van der Waals surface area (Å²) >= 11 is 0. The Morgan fingerprint density at radius 3 is 2.83 bits per heavy atom. The smallest absolute Gasteiger partial charge is 0.384 e. The Hall–Kier alpha value is -2.62. The summed E-state index contributed by atoms with van der Waals surface area (Å²) in [5, 5.41) is 19.6. The summed E-state index contributed by atoms with van der Waals surface area (Å²) in [6.07, 6.45) is 0. The number of carbonyl (C=O) groups excluding carboxylic acids is 1. The predicted octanol–water partition coefficient (Wildman–Crippen LogP) is 1.35. The molecule has 1 rings (SSSR count). The van der Waals surface area contributed by atoms with Gasteiger partial charge >= 0.3 is 11.7 Å². The third kappa shape index (κ3) is 3.18. The largest absolute Gasteiger partial charge is 0.502 e. The second-order valence-electron chi connectivity index (χ2n) is 3.05. The minimum Gasteiger partial charge on any atom is -0.502 e. The van der Waals surface area contributed by atoms with E-state index >= 15 is 0 Å². The van der Waals surface area contributed by atoms with Crippen molar-refractivity contribution >= 4 is 11.7 Å². The molecular formula is C11H8FNO5. The average molecular weight is 253 g/mol. The molecule has 0 spiro atoms. The third-order valence-electron chi connectivity index (χ3n) is 1.84. The van der Waals surface area contributed by atoms with E-state index in [0.717, 1.165) is 6.07 Å². The molecule has 0 aliphatic carbocycles. The maximum absolute atomic E-state index is 13.3. The monoisotopic (exact) mass is 253 g/mol. The number of hydrogen-bond acceptors (Lipinski definition) is 5. The summed E-state index contributed by atoms with van der Waals surface area (Å²) in [5.74, 6) is 1.44. The number of benzene rings is 1. The van der Waals surface area contributed by atoms with Crippen LogP contribution in [-0.2, 0) is 9.53 Å². The number of carbonyl (C=O) groups is 1. The van der Waals surface area contributed by atoms with Crippen molar-refractivity contribution in [1.82, 2.24) is 0 Å². The third-order valence-corrected chi connectivity index (χ3v) is 1.84. The van der Waals surface area contributed by atoms with Crippen LogP contribution in [0.1, 0.15) is 12.5 Å². The van der Waals surface area contributed by atoms with Crippen molar-refractivity contribution in [2.75, 3.05) is 6.61 Å². The normalized spacial score (nSPS) is 9.22. The second-order valence-corrected chi connectivity index (χ2v) is 3.05. The van der Waals surface area contributed by atoms with E-state index < -0.39 is 28.1 Å². The Balaban J connectivity index is 3.13. The van der Waals surface area contributed by atoms with Crippen LogP contribution in [0.5, 0.6) is 5.75 Å². The summed E-state index contributed by atoms with van der Waals surface area (Å²) in [6.45, 7) is 1.69. The SMILES string of the molecule is CCOC(=O)C#Cc1cc([N+](=O)[O-])c(O)cc1F. The highest BCUT2D eigenvalue weighted by Crippen LogP contribution is 2.28. The Morgan fingerprint density at radius 2 is 2.28 bits per heavy atom. The van der Waals surface area contributed by atoms with Crippen LogP contribution in [0.15, 0.2) is 12.1 Å². The maximum Gasteiger partial charge on any atom is 0.384 e. The van der Waals surface area contributed by atoms with Gasteiger partial charge in [0.2, 0.25) is 0 Å². The molecule has 7 heteroatoms. The quantitative estimate of drug-likeness (QED) is 0.372. The molecule has 0 fully saturated rings. The van der Waals surface area contributed by atoms with Crippen LogP contribution in [0.25, 0.3) is 0 Å². The maximum atomic E-state index is 13.3. The van der Waals surface area contributed by atoms with Crippen LogP contribution in [0, 0.1) is 27.8 Å². The van der Waals surface area contributed by atoms with Gasteiger partial charge < -0.3 is 9.84 Å². The van der Waals surface area contributed by atoms with Gasteiger partial charge in [0, 0.05) is 18.1 Å². The molecule has 0 saturated carbocycles. The number of rotatable bonds is 2. The topological polar surface area (TPSA) is 89.7 Å².